The van der Waals surface area contributed by atoms with Crippen LogP contribution in [0.2, 0.25) is 0 Å². The van der Waals surface area contributed by atoms with Crippen LogP contribution in [0.5, 0.6) is 5.75 Å². The van der Waals surface area contributed by atoms with Gasteiger partial charge >= 0.3 is 12.0 Å². The molecule has 0 radical (unpaired) electrons. The zero-order valence-electron chi connectivity index (χ0n) is 25.7. The molecule has 0 unspecified atom stereocenters. The molecule has 0 aliphatic carbocycles. The molecule has 2 aliphatic rings. The summed E-state index contributed by atoms with van der Waals surface area (Å²) in [5.41, 5.74) is 2.23. The van der Waals surface area contributed by atoms with Crippen molar-refractivity contribution in [3.8, 4) is 5.75 Å². The van der Waals surface area contributed by atoms with Gasteiger partial charge in [-0.2, -0.15) is 0 Å². The van der Waals surface area contributed by atoms with Crippen LogP contribution in [0.3, 0.4) is 0 Å². The second kappa shape index (κ2) is 13.7. The fraction of sp³-hybridized carbons (Fsp3) is 0.545. The minimum Gasteiger partial charge on any atom is -0.478 e. The van der Waals surface area contributed by atoms with Gasteiger partial charge in [0.15, 0.2) is 6.23 Å². The van der Waals surface area contributed by atoms with E-state index in [1.54, 1.807) is 18.2 Å². The molecule has 0 bridgehead atoms. The third-order valence-corrected chi connectivity index (χ3v) is 9.04. The Bertz CT molecular complexity index is 1250. The molecule has 3 amide bonds. The number of imide groups is 1. The van der Waals surface area contributed by atoms with E-state index < -0.39 is 23.6 Å². The van der Waals surface area contributed by atoms with E-state index in [1.165, 1.54) is 4.90 Å². The van der Waals surface area contributed by atoms with Crippen molar-refractivity contribution in [1.29, 1.82) is 0 Å². The number of rotatable bonds is 12. The highest BCUT2D eigenvalue weighted by Crippen LogP contribution is 2.46. The number of piperazine rings is 1. The summed E-state index contributed by atoms with van der Waals surface area (Å²) < 4.78 is 6.43. The van der Waals surface area contributed by atoms with E-state index in [9.17, 15) is 19.5 Å². The highest BCUT2D eigenvalue weighted by atomic mass is 16.5. The minimum atomic E-state index is -0.982. The summed E-state index contributed by atoms with van der Waals surface area (Å²) in [4.78, 5) is 45.0. The number of hydrogen-bond donors (Lipinski definition) is 2. The molecule has 2 atom stereocenters. The number of amides is 3. The maximum atomic E-state index is 13.6. The average molecular weight is 579 g/mol. The second-order valence-electron chi connectivity index (χ2n) is 11.7. The minimum absolute atomic E-state index is 0.231. The molecule has 228 valence electrons. The van der Waals surface area contributed by atoms with Crippen molar-refractivity contribution in [2.45, 2.75) is 72.1 Å². The van der Waals surface area contributed by atoms with Gasteiger partial charge in [-0.25, -0.2) is 14.5 Å². The van der Waals surface area contributed by atoms with Crippen LogP contribution in [-0.2, 0) is 11.2 Å². The zero-order chi connectivity index (χ0) is 30.4. The number of carboxylic acids is 1. The van der Waals surface area contributed by atoms with Gasteiger partial charge in [0.05, 0.1) is 11.6 Å². The third-order valence-electron chi connectivity index (χ3n) is 9.04. The van der Waals surface area contributed by atoms with Crippen molar-refractivity contribution in [2.24, 2.45) is 5.41 Å². The van der Waals surface area contributed by atoms with Crippen LogP contribution in [0.4, 0.5) is 4.79 Å². The van der Waals surface area contributed by atoms with E-state index in [2.05, 4.69) is 29.1 Å². The number of carbonyl (C=O) groups excluding carboxylic acids is 2. The van der Waals surface area contributed by atoms with Crippen LogP contribution >= 0.6 is 0 Å². The van der Waals surface area contributed by atoms with Crippen LogP contribution in [-0.4, -0.2) is 83.7 Å². The number of likely N-dealkylation sites (N-methyl/N-ethyl adjacent to an activating group) is 1. The topological polar surface area (TPSA) is 102 Å². The smallest absolute Gasteiger partial charge is 0.335 e. The lowest BCUT2D eigenvalue weighted by Crippen LogP contribution is -2.73. The molecule has 0 spiro atoms. The van der Waals surface area contributed by atoms with Gasteiger partial charge in [-0.1, -0.05) is 57.0 Å². The summed E-state index contributed by atoms with van der Waals surface area (Å²) in [6.45, 7) is 12.6. The monoisotopic (exact) mass is 578 g/mol. The largest absolute Gasteiger partial charge is 0.478 e. The Balaban J connectivity index is 1.55. The first-order valence-corrected chi connectivity index (χ1v) is 15.3. The number of aryl methyl sites for hydroxylation is 1. The van der Waals surface area contributed by atoms with Gasteiger partial charge in [0.2, 0.25) is 5.91 Å². The Morgan fingerprint density at radius 1 is 1.05 bits per heavy atom. The first-order valence-electron chi connectivity index (χ1n) is 15.3. The lowest BCUT2D eigenvalue weighted by Gasteiger charge is -2.53. The Kier molecular flexibility index (Phi) is 10.3. The Hall–Kier alpha value is -3.43. The molecule has 2 N–H and O–H groups in total. The van der Waals surface area contributed by atoms with Crippen molar-refractivity contribution in [3.05, 3.63) is 64.7 Å². The standard InChI is InChI=1S/C33H46N4O5/c1-6-9-28(24-12-10-23(4)11-13-24)34-32(41)37-30(40)33(7-2,8-3)31(37)42-26-14-15-27(29(38)39)25(22-26)16-17-36-20-18-35(5)19-21-36/h10-15,22,28,31H,6-9,16-21H2,1-5H3,(H,34,41)(H,38,39)/t28-,31-/m0/s1. The van der Waals surface area contributed by atoms with Gasteiger partial charge in [-0.15, -0.1) is 0 Å². The number of nitrogens with one attached hydrogen (secondary N) is 1. The molecule has 9 heteroatoms. The number of ether oxygens (including phenoxy) is 1. The number of aromatic carboxylic acids is 1. The van der Waals surface area contributed by atoms with Crippen LogP contribution in [0.25, 0.3) is 0 Å². The van der Waals surface area contributed by atoms with Crippen molar-refractivity contribution in [3.63, 3.8) is 0 Å². The molecule has 2 saturated heterocycles. The van der Waals surface area contributed by atoms with Gasteiger partial charge in [0.1, 0.15) is 11.2 Å². The van der Waals surface area contributed by atoms with Crippen LogP contribution in [0.15, 0.2) is 42.5 Å². The number of hydrogen-bond acceptors (Lipinski definition) is 6. The molecule has 42 heavy (non-hydrogen) atoms. The molecule has 4 rings (SSSR count). The first kappa shape index (κ1) is 31.5. The van der Waals surface area contributed by atoms with Gasteiger partial charge in [-0.3, -0.25) is 4.79 Å². The molecular formula is C33H46N4O5. The van der Waals surface area contributed by atoms with Crippen molar-refractivity contribution in [2.75, 3.05) is 39.8 Å². The summed E-state index contributed by atoms with van der Waals surface area (Å²) >= 11 is 0. The predicted molar refractivity (Wildman–Crippen MR) is 163 cm³/mol. The zero-order valence-corrected chi connectivity index (χ0v) is 25.7. The summed E-state index contributed by atoms with van der Waals surface area (Å²) in [6, 6.07) is 12.3. The third kappa shape index (κ3) is 6.63. The Morgan fingerprint density at radius 2 is 1.71 bits per heavy atom. The normalized spacial score (nSPS) is 19.7. The quantitative estimate of drug-likeness (QED) is 0.339. The highest BCUT2D eigenvalue weighted by molar-refractivity contribution is 6.03. The number of carboxylic acid groups (broad SMARTS) is 1. The molecule has 2 fully saturated rings. The number of nitrogens with zero attached hydrogens (tertiary/aromatic N) is 3. The number of urea groups is 1. The van der Waals surface area contributed by atoms with E-state index in [-0.39, 0.29) is 17.5 Å². The summed E-state index contributed by atoms with van der Waals surface area (Å²) in [5.74, 6) is -0.769. The van der Waals surface area contributed by atoms with Crippen molar-refractivity contribution < 1.29 is 24.2 Å². The molecule has 2 aromatic rings. The number of carbonyl (C=O) groups is 3. The maximum absolute atomic E-state index is 13.6. The van der Waals surface area contributed by atoms with E-state index >= 15 is 0 Å². The lowest BCUT2D eigenvalue weighted by molar-refractivity contribution is -0.191. The van der Waals surface area contributed by atoms with Gasteiger partial charge in [-0.05, 0) is 69.0 Å². The maximum Gasteiger partial charge on any atom is 0.335 e. The predicted octanol–water partition coefficient (Wildman–Crippen LogP) is 5.09. The molecule has 0 aromatic heterocycles. The lowest BCUT2D eigenvalue weighted by atomic mass is 9.72. The van der Waals surface area contributed by atoms with E-state index in [4.69, 9.17) is 4.74 Å². The molecule has 0 saturated carbocycles. The summed E-state index contributed by atoms with van der Waals surface area (Å²) in [6.07, 6.45) is 2.43. The molecular weight excluding hydrogens is 532 g/mol. The van der Waals surface area contributed by atoms with E-state index in [0.29, 0.717) is 30.6 Å². The highest BCUT2D eigenvalue weighted by Gasteiger charge is 2.63. The van der Waals surface area contributed by atoms with Gasteiger partial charge < -0.3 is 25.0 Å². The van der Waals surface area contributed by atoms with E-state index in [1.807, 2.05) is 45.0 Å². The first-order chi connectivity index (χ1) is 20.1. The van der Waals surface area contributed by atoms with Crippen molar-refractivity contribution >= 4 is 17.9 Å². The van der Waals surface area contributed by atoms with Crippen molar-refractivity contribution in [1.82, 2.24) is 20.0 Å². The fourth-order valence-corrected chi connectivity index (χ4v) is 6.06. The van der Waals surface area contributed by atoms with Gasteiger partial charge in [0, 0.05) is 32.7 Å². The number of benzene rings is 2. The molecule has 2 aliphatic heterocycles. The fourth-order valence-electron chi connectivity index (χ4n) is 6.06. The molecule has 9 nitrogen and oxygen atoms in total. The van der Waals surface area contributed by atoms with Crippen LogP contribution in [0, 0.1) is 12.3 Å². The number of β-lactam (4-membered cyclic amide) rings is 1. The Morgan fingerprint density at radius 3 is 2.31 bits per heavy atom. The summed E-state index contributed by atoms with van der Waals surface area (Å²) in [7, 11) is 2.11. The molecule has 2 heterocycles. The molecule has 2 aromatic carbocycles. The second-order valence-corrected chi connectivity index (χ2v) is 11.7. The summed E-state index contributed by atoms with van der Waals surface area (Å²) in [5, 5.41) is 12.9. The Labute approximate surface area is 249 Å². The van der Waals surface area contributed by atoms with E-state index in [0.717, 1.165) is 56.7 Å². The van der Waals surface area contributed by atoms with Crippen LogP contribution in [0.1, 0.15) is 79.5 Å². The van der Waals surface area contributed by atoms with Gasteiger partial charge in [0.25, 0.3) is 0 Å². The van der Waals surface area contributed by atoms with Crippen LogP contribution < -0.4 is 10.1 Å². The SMILES string of the molecule is CCC[C@H](NC(=O)N1C(=O)C(CC)(CC)[C@@H]1Oc1ccc(C(=O)O)c(CCN2CCN(C)CC2)c1)c1ccc(C)cc1. The average Bonchev–Trinajstić information content (AvgIpc) is 2.97. The number of likely N-dealkylation sites (tertiary alicyclic amines) is 1.